The van der Waals surface area contributed by atoms with Gasteiger partial charge in [0.05, 0.1) is 7.11 Å². The van der Waals surface area contributed by atoms with E-state index in [2.05, 4.69) is 20.3 Å². The predicted molar refractivity (Wildman–Crippen MR) is 88.8 cm³/mol. The summed E-state index contributed by atoms with van der Waals surface area (Å²) in [5.41, 5.74) is 1.41. The standard InChI is InChI=1S/C18H13FN4O3/c1-24-14-4-2-3-12(9-14)18-22-21-16(25-18)10-15-20-17(23-26-15)11-5-7-13(19)8-6-11/h2-9H,10H2,1H3. The van der Waals surface area contributed by atoms with Crippen LogP contribution in [0.5, 0.6) is 5.75 Å². The summed E-state index contributed by atoms with van der Waals surface area (Å²) >= 11 is 0. The fourth-order valence-corrected chi connectivity index (χ4v) is 2.37. The molecule has 4 rings (SSSR count). The number of halogens is 1. The van der Waals surface area contributed by atoms with E-state index in [4.69, 9.17) is 13.7 Å². The minimum absolute atomic E-state index is 0.200. The fourth-order valence-electron chi connectivity index (χ4n) is 2.37. The predicted octanol–water partition coefficient (Wildman–Crippen LogP) is 3.53. The molecule has 4 aromatic rings. The lowest BCUT2D eigenvalue weighted by molar-refractivity contribution is 0.374. The third-order valence-electron chi connectivity index (χ3n) is 3.66. The first kappa shape index (κ1) is 15.9. The van der Waals surface area contributed by atoms with Crippen LogP contribution >= 0.6 is 0 Å². The molecule has 0 aliphatic heterocycles. The minimum atomic E-state index is -0.326. The van der Waals surface area contributed by atoms with Gasteiger partial charge < -0.3 is 13.7 Å². The summed E-state index contributed by atoms with van der Waals surface area (Å²) in [6.45, 7) is 0. The highest BCUT2D eigenvalue weighted by Gasteiger charge is 2.15. The number of aromatic nitrogens is 4. The monoisotopic (exact) mass is 352 g/mol. The van der Waals surface area contributed by atoms with Gasteiger partial charge in [-0.2, -0.15) is 4.98 Å². The first-order valence-electron chi connectivity index (χ1n) is 7.76. The lowest BCUT2D eigenvalue weighted by Crippen LogP contribution is -1.89. The summed E-state index contributed by atoms with van der Waals surface area (Å²) in [7, 11) is 1.59. The molecule has 0 N–H and O–H groups in total. The van der Waals surface area contributed by atoms with Gasteiger partial charge in [-0.1, -0.05) is 11.2 Å². The van der Waals surface area contributed by atoms with Crippen molar-refractivity contribution in [3.63, 3.8) is 0 Å². The second-order valence-electron chi connectivity index (χ2n) is 5.43. The van der Waals surface area contributed by atoms with E-state index in [1.165, 1.54) is 12.1 Å². The number of benzene rings is 2. The molecule has 0 unspecified atom stereocenters. The van der Waals surface area contributed by atoms with Gasteiger partial charge >= 0.3 is 0 Å². The molecule has 0 saturated heterocycles. The van der Waals surface area contributed by atoms with Gasteiger partial charge in [-0.3, -0.25) is 0 Å². The van der Waals surface area contributed by atoms with Crippen molar-refractivity contribution in [1.82, 2.24) is 20.3 Å². The number of methoxy groups -OCH3 is 1. The molecule has 26 heavy (non-hydrogen) atoms. The molecule has 2 heterocycles. The van der Waals surface area contributed by atoms with E-state index < -0.39 is 0 Å². The molecule has 0 amide bonds. The van der Waals surface area contributed by atoms with Gasteiger partial charge in [0.15, 0.2) is 0 Å². The zero-order chi connectivity index (χ0) is 17.9. The molecule has 0 spiro atoms. The van der Waals surface area contributed by atoms with Crippen molar-refractivity contribution in [2.24, 2.45) is 0 Å². The second kappa shape index (κ2) is 6.75. The highest BCUT2D eigenvalue weighted by molar-refractivity contribution is 5.55. The Kier molecular flexibility index (Phi) is 4.14. The molecule has 8 heteroatoms. The van der Waals surface area contributed by atoms with Crippen molar-refractivity contribution in [2.45, 2.75) is 6.42 Å². The van der Waals surface area contributed by atoms with Crippen molar-refractivity contribution in [3.05, 3.63) is 66.1 Å². The number of hydrogen-bond acceptors (Lipinski definition) is 7. The van der Waals surface area contributed by atoms with E-state index in [-0.39, 0.29) is 12.2 Å². The quantitative estimate of drug-likeness (QED) is 0.543. The molecule has 7 nitrogen and oxygen atoms in total. The molecule has 0 saturated carbocycles. The van der Waals surface area contributed by atoms with Crippen molar-refractivity contribution in [3.8, 4) is 28.6 Å². The highest BCUT2D eigenvalue weighted by atomic mass is 19.1. The van der Waals surface area contributed by atoms with Crippen molar-refractivity contribution < 1.29 is 18.1 Å². The zero-order valence-corrected chi connectivity index (χ0v) is 13.7. The van der Waals surface area contributed by atoms with E-state index in [9.17, 15) is 4.39 Å². The van der Waals surface area contributed by atoms with Crippen molar-refractivity contribution in [1.29, 1.82) is 0 Å². The Balaban J connectivity index is 1.52. The van der Waals surface area contributed by atoms with Gasteiger partial charge in [-0.25, -0.2) is 4.39 Å². The number of ether oxygens (including phenoxy) is 1. The van der Waals surface area contributed by atoms with E-state index in [0.29, 0.717) is 34.8 Å². The highest BCUT2D eigenvalue weighted by Crippen LogP contribution is 2.23. The Morgan fingerprint density at radius 2 is 1.85 bits per heavy atom. The summed E-state index contributed by atoms with van der Waals surface area (Å²) in [5, 5.41) is 11.9. The molecule has 2 aromatic heterocycles. The van der Waals surface area contributed by atoms with E-state index in [1.54, 1.807) is 25.3 Å². The molecule has 0 aliphatic rings. The zero-order valence-electron chi connectivity index (χ0n) is 13.7. The molecule has 0 atom stereocenters. The first-order valence-corrected chi connectivity index (χ1v) is 7.76. The topological polar surface area (TPSA) is 87.1 Å². The lowest BCUT2D eigenvalue weighted by Gasteiger charge is -1.99. The molecular weight excluding hydrogens is 339 g/mol. The van der Waals surface area contributed by atoms with Gasteiger partial charge in [0.2, 0.25) is 23.5 Å². The fraction of sp³-hybridized carbons (Fsp3) is 0.111. The normalized spacial score (nSPS) is 10.8. The van der Waals surface area contributed by atoms with Crippen molar-refractivity contribution >= 4 is 0 Å². The van der Waals surface area contributed by atoms with Gasteiger partial charge in [-0.05, 0) is 42.5 Å². The summed E-state index contributed by atoms with van der Waals surface area (Å²) in [6.07, 6.45) is 0.200. The van der Waals surface area contributed by atoms with Gasteiger partial charge in [0.25, 0.3) is 0 Å². The van der Waals surface area contributed by atoms with Crippen LogP contribution in [-0.4, -0.2) is 27.4 Å². The van der Waals surface area contributed by atoms with Crippen LogP contribution in [0, 0.1) is 5.82 Å². The van der Waals surface area contributed by atoms with Crippen LogP contribution in [0.15, 0.2) is 57.5 Å². The van der Waals surface area contributed by atoms with Crippen LogP contribution in [-0.2, 0) is 6.42 Å². The Hall–Kier alpha value is -3.55. The van der Waals surface area contributed by atoms with E-state index in [1.807, 2.05) is 18.2 Å². The maximum atomic E-state index is 13.0. The van der Waals surface area contributed by atoms with Gasteiger partial charge in [0.1, 0.15) is 18.0 Å². The summed E-state index contributed by atoms with van der Waals surface area (Å²) in [6, 6.07) is 13.2. The first-order chi connectivity index (χ1) is 12.7. The molecule has 0 aliphatic carbocycles. The largest absolute Gasteiger partial charge is 0.497 e. The maximum Gasteiger partial charge on any atom is 0.247 e. The number of rotatable bonds is 5. The smallest absolute Gasteiger partial charge is 0.247 e. The molecular formula is C18H13FN4O3. The average molecular weight is 352 g/mol. The van der Waals surface area contributed by atoms with Crippen LogP contribution in [0.2, 0.25) is 0 Å². The maximum absolute atomic E-state index is 13.0. The van der Waals surface area contributed by atoms with Crippen LogP contribution < -0.4 is 4.74 Å². The van der Waals surface area contributed by atoms with Crippen LogP contribution in [0.3, 0.4) is 0 Å². The summed E-state index contributed by atoms with van der Waals surface area (Å²) in [5.74, 6) is 1.78. The van der Waals surface area contributed by atoms with Gasteiger partial charge in [-0.15, -0.1) is 10.2 Å². The summed E-state index contributed by atoms with van der Waals surface area (Å²) < 4.78 is 29.0. The van der Waals surface area contributed by atoms with Crippen LogP contribution in [0.4, 0.5) is 4.39 Å². The number of nitrogens with zero attached hydrogens (tertiary/aromatic N) is 4. The third kappa shape index (κ3) is 3.30. The SMILES string of the molecule is COc1cccc(-c2nnc(Cc3nc(-c4ccc(F)cc4)no3)o2)c1. The Labute approximate surface area is 147 Å². The average Bonchev–Trinajstić information content (AvgIpc) is 3.33. The second-order valence-corrected chi connectivity index (χ2v) is 5.43. The molecule has 130 valence electrons. The van der Waals surface area contributed by atoms with Crippen molar-refractivity contribution in [2.75, 3.05) is 7.11 Å². The minimum Gasteiger partial charge on any atom is -0.497 e. The Morgan fingerprint density at radius 3 is 2.65 bits per heavy atom. The Morgan fingerprint density at radius 1 is 1.00 bits per heavy atom. The van der Waals surface area contributed by atoms with Gasteiger partial charge in [0, 0.05) is 11.1 Å². The molecule has 2 aromatic carbocycles. The van der Waals surface area contributed by atoms with E-state index >= 15 is 0 Å². The molecule has 0 radical (unpaired) electrons. The lowest BCUT2D eigenvalue weighted by atomic mass is 10.2. The van der Waals surface area contributed by atoms with Crippen LogP contribution in [0.1, 0.15) is 11.8 Å². The third-order valence-corrected chi connectivity index (χ3v) is 3.66. The summed E-state index contributed by atoms with van der Waals surface area (Å²) in [4.78, 5) is 4.27. The Bertz CT molecular complexity index is 1030. The van der Waals surface area contributed by atoms with Crippen LogP contribution in [0.25, 0.3) is 22.8 Å². The number of hydrogen-bond donors (Lipinski definition) is 0. The molecule has 0 fully saturated rings. The molecule has 0 bridgehead atoms. The van der Waals surface area contributed by atoms with E-state index in [0.717, 1.165) is 5.56 Å².